The summed E-state index contributed by atoms with van der Waals surface area (Å²) in [7, 11) is 0.795. The van der Waals surface area contributed by atoms with Crippen molar-refractivity contribution >= 4 is 119 Å². The van der Waals surface area contributed by atoms with Gasteiger partial charge in [-0.1, -0.05) is 238 Å². The molecular weight excluding hydrogens is 1420 g/mol. The fourth-order valence-electron chi connectivity index (χ4n) is 18.1. The Morgan fingerprint density at radius 2 is 0.757 bits per heavy atom. The second-order valence-electron chi connectivity index (χ2n) is 31.1. The molecule has 3 aliphatic rings. The van der Waals surface area contributed by atoms with Crippen LogP contribution in [0.4, 0.5) is 11.4 Å². The van der Waals surface area contributed by atoms with E-state index in [1.54, 1.807) is 25.6 Å². The van der Waals surface area contributed by atoms with Crippen molar-refractivity contribution in [1.82, 2.24) is 0 Å². The van der Waals surface area contributed by atoms with Gasteiger partial charge in [0, 0.05) is 63.3 Å². The second kappa shape index (κ2) is 32.1. The first-order chi connectivity index (χ1) is 54.2. The third kappa shape index (κ3) is 13.9. The van der Waals surface area contributed by atoms with E-state index in [1.807, 2.05) is 188 Å². The molecule has 5 heterocycles. The summed E-state index contributed by atoms with van der Waals surface area (Å²) < 4.78 is 18.2. The highest BCUT2D eigenvalue weighted by Gasteiger charge is 2.45. The molecule has 111 heavy (non-hydrogen) atoms. The largest absolute Gasteiger partial charge is 0.497 e. The van der Waals surface area contributed by atoms with Gasteiger partial charge in [0.05, 0.1) is 32.2 Å². The number of imide groups is 2. The molecule has 0 spiro atoms. The van der Waals surface area contributed by atoms with Gasteiger partial charge in [-0.3, -0.25) is 19.2 Å². The van der Waals surface area contributed by atoms with E-state index in [0.29, 0.717) is 51.0 Å². The van der Waals surface area contributed by atoms with E-state index in [1.165, 1.54) is 138 Å². The zero-order chi connectivity index (χ0) is 76.6. The van der Waals surface area contributed by atoms with Crippen molar-refractivity contribution in [3.8, 4) is 66.4 Å². The van der Waals surface area contributed by atoms with Crippen LogP contribution in [0.15, 0.2) is 218 Å². The SMILES string of the molecule is CCCCCCCCCCCCCCCCCCCCOC1=C(c2ccc(C)s2)[Si](C)(C)C(c2ccc(-c3cc4c5c(ccc6c7c(C)cc8c9c(ccc(c3c56)c97)C(=O)N(c3ccc(-c5ccc(OC)cc5)c(-c5ccccc5)c3)C8=O)C(=O)N(c3ccc(-c5ccc(OC)cc5)c(-c5ccccc5)c3)C4=O)s2)=C1C. The molecule has 3 aliphatic heterocycles. The monoisotopic (exact) mass is 1520 g/mol. The Morgan fingerprint density at radius 1 is 0.342 bits per heavy atom. The number of benzene rings is 11. The first-order valence-electron chi connectivity index (χ1n) is 40.1. The van der Waals surface area contributed by atoms with Crippen LogP contribution in [-0.4, -0.2) is 52.5 Å². The first-order valence-corrected chi connectivity index (χ1v) is 44.8. The standard InChI is InChI=1S/C99H96N2O7S2Si/c1-9-10-11-12-13-14-15-16-17-18-19-20-21-22-23-24-25-32-57-108-93-64(4)94(111(7,8)95(93)86-54-37-63(3)109-86)85-56-55-84(110-85)81-61-83-90-78(97(103)101(99(83)105)70-43-49-74(68-40-46-72(107-6)47-41-68)80(60-70)66-35-30-27-31-36-66)52-50-75-87-62(2)58-82-89-77(53-51-76(91(87)89)88(81)92(75)90)96(102)100(98(82)104)69-42-48-73(67-38-44-71(106-5)45-39-67)79(59-69)65-33-28-26-29-34-65/h26-31,33-56,58-61H,9-25,32,57H2,1-8H3. The number of carbonyl (C=O) groups excluding carboxylic acids is 4. The average molecular weight is 1520 g/mol. The summed E-state index contributed by atoms with van der Waals surface area (Å²) in [6.45, 7) is 14.4. The number of fused-ring (bicyclic) bond motifs is 2. The van der Waals surface area contributed by atoms with E-state index in [4.69, 9.17) is 14.2 Å². The molecule has 0 saturated heterocycles. The van der Waals surface area contributed by atoms with Crippen LogP contribution in [0.5, 0.6) is 11.5 Å². The maximum atomic E-state index is 16.3. The summed E-state index contributed by atoms with van der Waals surface area (Å²) >= 11 is 3.57. The molecule has 0 saturated carbocycles. The van der Waals surface area contributed by atoms with Crippen molar-refractivity contribution in [2.24, 2.45) is 0 Å². The molecular formula is C99H96N2O7S2Si. The molecule has 16 rings (SSSR count). The number of carbonyl (C=O) groups is 4. The van der Waals surface area contributed by atoms with Crippen LogP contribution < -0.4 is 19.3 Å². The van der Waals surface area contributed by atoms with Crippen molar-refractivity contribution in [2.45, 2.75) is 156 Å². The van der Waals surface area contributed by atoms with Crippen LogP contribution in [0.1, 0.15) is 191 Å². The minimum atomic E-state index is -2.51. The first kappa shape index (κ1) is 74.6. The van der Waals surface area contributed by atoms with Gasteiger partial charge in [0.1, 0.15) is 25.3 Å². The van der Waals surface area contributed by atoms with E-state index >= 15 is 19.2 Å². The van der Waals surface area contributed by atoms with Gasteiger partial charge in [-0.05, 0) is 217 Å². The van der Waals surface area contributed by atoms with Crippen molar-refractivity contribution in [3.05, 3.63) is 260 Å². The number of nitrogens with zero attached hydrogens (tertiary/aromatic N) is 2. The van der Waals surface area contributed by atoms with Crippen LogP contribution in [0.2, 0.25) is 13.1 Å². The fraction of sp³-hybridized carbons (Fsp3) is 0.273. The average Bonchev–Trinajstić information content (AvgIpc) is 1.09. The Bertz CT molecular complexity index is 5810. The number of hydrogen-bond acceptors (Lipinski definition) is 9. The fourth-order valence-corrected chi connectivity index (χ4v) is 25.3. The highest BCUT2D eigenvalue weighted by Crippen LogP contribution is 2.56. The number of rotatable bonds is 31. The van der Waals surface area contributed by atoms with Gasteiger partial charge in [0.2, 0.25) is 0 Å². The second-order valence-corrected chi connectivity index (χ2v) is 37.7. The van der Waals surface area contributed by atoms with Gasteiger partial charge in [0.25, 0.3) is 23.6 Å². The molecule has 0 unspecified atom stereocenters. The van der Waals surface area contributed by atoms with Gasteiger partial charge in [-0.25, -0.2) is 9.80 Å². The highest BCUT2D eigenvalue weighted by molar-refractivity contribution is 7.23. The smallest absolute Gasteiger partial charge is 0.266 e. The van der Waals surface area contributed by atoms with Gasteiger partial charge in [-0.2, -0.15) is 0 Å². The number of hydrogen-bond donors (Lipinski definition) is 0. The number of unbranched alkanes of at least 4 members (excludes halogenated alkanes) is 17. The van der Waals surface area contributed by atoms with Gasteiger partial charge >= 0.3 is 0 Å². The van der Waals surface area contributed by atoms with Gasteiger partial charge < -0.3 is 14.2 Å². The van der Waals surface area contributed by atoms with Crippen molar-refractivity contribution in [1.29, 1.82) is 0 Å². The molecule has 0 fully saturated rings. The molecule has 0 atom stereocenters. The summed E-state index contributed by atoms with van der Waals surface area (Å²) in [4.78, 5) is 71.0. The number of anilines is 2. The molecule has 0 N–H and O–H groups in total. The van der Waals surface area contributed by atoms with Gasteiger partial charge in [0.15, 0.2) is 0 Å². The highest BCUT2D eigenvalue weighted by atomic mass is 32.1. The molecule has 0 radical (unpaired) electrons. The molecule has 13 aromatic rings. The lowest BCUT2D eigenvalue weighted by Gasteiger charge is -2.32. The lowest BCUT2D eigenvalue weighted by atomic mass is 9.79. The predicted octanol–water partition coefficient (Wildman–Crippen LogP) is 27.5. The van der Waals surface area contributed by atoms with Crippen molar-refractivity contribution < 1.29 is 33.4 Å². The summed E-state index contributed by atoms with van der Waals surface area (Å²) in [6.07, 6.45) is 23.9. The van der Waals surface area contributed by atoms with Crippen LogP contribution in [-0.2, 0) is 4.74 Å². The molecule has 560 valence electrons. The quantitative estimate of drug-likeness (QED) is 0.0140. The number of thiophene rings is 2. The van der Waals surface area contributed by atoms with E-state index in [2.05, 4.69) is 70.3 Å². The van der Waals surface area contributed by atoms with Crippen LogP contribution >= 0.6 is 22.7 Å². The van der Waals surface area contributed by atoms with Crippen molar-refractivity contribution in [2.75, 3.05) is 30.6 Å². The molecule has 4 amide bonds. The molecule has 9 nitrogen and oxygen atoms in total. The zero-order valence-corrected chi connectivity index (χ0v) is 67.8. The maximum Gasteiger partial charge on any atom is 0.266 e. The Morgan fingerprint density at radius 3 is 1.23 bits per heavy atom. The number of methoxy groups -OCH3 is 2. The summed E-state index contributed by atoms with van der Waals surface area (Å²) in [5.74, 6) is 0.794. The summed E-state index contributed by atoms with van der Waals surface area (Å²) in [5.41, 5.74) is 12.8. The van der Waals surface area contributed by atoms with E-state index in [9.17, 15) is 0 Å². The van der Waals surface area contributed by atoms with E-state index in [-0.39, 0.29) is 0 Å². The van der Waals surface area contributed by atoms with Crippen molar-refractivity contribution in [3.63, 3.8) is 0 Å². The summed E-state index contributed by atoms with van der Waals surface area (Å²) in [6, 6.07) is 68.5. The number of ether oxygens (including phenoxy) is 3. The predicted molar refractivity (Wildman–Crippen MR) is 466 cm³/mol. The Kier molecular flexibility index (Phi) is 21.5. The molecule has 11 aromatic carbocycles. The number of allylic oxidation sites excluding steroid dienone is 1. The lowest BCUT2D eigenvalue weighted by molar-refractivity contribution is 0.0877. The lowest BCUT2D eigenvalue weighted by Crippen LogP contribution is -2.40. The Hall–Kier alpha value is -10.5. The van der Waals surface area contributed by atoms with Gasteiger partial charge in [-0.15, -0.1) is 22.7 Å². The Balaban J connectivity index is 0.775. The third-order valence-electron chi connectivity index (χ3n) is 23.6. The minimum Gasteiger partial charge on any atom is -0.497 e. The molecule has 0 aliphatic carbocycles. The third-order valence-corrected chi connectivity index (χ3v) is 29.7. The van der Waals surface area contributed by atoms with E-state index in [0.717, 1.165) is 128 Å². The molecule has 0 bridgehead atoms. The molecule has 2 aromatic heterocycles. The van der Waals surface area contributed by atoms with Crippen LogP contribution in [0.25, 0.3) is 108 Å². The maximum absolute atomic E-state index is 16.3. The van der Waals surface area contributed by atoms with Crippen LogP contribution in [0, 0.1) is 13.8 Å². The summed E-state index contributed by atoms with van der Waals surface area (Å²) in [5, 5.41) is 8.75. The number of aryl methyl sites for hydroxylation is 2. The molecule has 12 heteroatoms. The topological polar surface area (TPSA) is 102 Å². The normalized spacial score (nSPS) is 14.1. The zero-order valence-electron chi connectivity index (χ0n) is 65.1. The Labute approximate surface area is 661 Å². The number of amides is 4. The van der Waals surface area contributed by atoms with Crippen LogP contribution in [0.3, 0.4) is 0 Å². The minimum absolute atomic E-state index is 0.406. The van der Waals surface area contributed by atoms with E-state index < -0.39 is 31.7 Å².